The van der Waals surface area contributed by atoms with Crippen LogP contribution in [0.15, 0.2) is 398 Å². The number of anilines is 11. The first kappa shape index (κ1) is 79.3. The summed E-state index contributed by atoms with van der Waals surface area (Å²) in [5.41, 5.74) is 46.6. The SMILES string of the molecule is C.C.C.C.Nc1ccc(Cc2ccc(N=C3C=CC(=Nc4ccc(Nc5ccccc5)cc4)C=C3)cc2)cc1.Nc1ccc(Cc2ccc(Nc3ccc(Cc4ccc(Nc5ccccc5)cc4)cc3)cc2)cc1.Nc1ccc(Cc2ccc([NH+]=C3C=CC(=Cc4ccc(Nc5ccccc5)cc4)C=C3)cc2)cc1. The number of nitrogens with two attached hydrogens (primary N) is 3. The van der Waals surface area contributed by atoms with E-state index in [1.165, 1.54) is 50.1 Å². The lowest BCUT2D eigenvalue weighted by molar-refractivity contribution is -0.351. The van der Waals surface area contributed by atoms with E-state index in [4.69, 9.17) is 27.2 Å². The molecule has 0 heterocycles. The Morgan fingerprint density at radius 3 is 0.789 bits per heavy atom. The molecular formula is C99H99N10+. The third kappa shape index (κ3) is 25.2. The molecule has 0 amide bonds. The highest BCUT2D eigenvalue weighted by atomic mass is 14.9. The first-order chi connectivity index (χ1) is 51.6. The Morgan fingerprint density at radius 2 is 0.486 bits per heavy atom. The maximum Gasteiger partial charge on any atom is 0.203 e. The molecule has 0 atom stereocenters. The van der Waals surface area contributed by atoms with Crippen LogP contribution >= 0.6 is 0 Å². The molecule has 13 aromatic rings. The molecule has 0 saturated carbocycles. The molecule has 15 rings (SSSR count). The van der Waals surface area contributed by atoms with Gasteiger partial charge in [0, 0.05) is 86.8 Å². The fraction of sp³-hybridized carbons (Fsp3) is 0.0808. The number of para-hydroxylation sites is 3. The monoisotopic (exact) mass is 1430 g/mol. The van der Waals surface area contributed by atoms with E-state index in [0.29, 0.717) is 0 Å². The molecule has 2 aliphatic rings. The van der Waals surface area contributed by atoms with E-state index in [0.717, 1.165) is 128 Å². The third-order valence-electron chi connectivity index (χ3n) is 17.5. The number of hydrogen-bond acceptors (Lipinski definition) is 9. The van der Waals surface area contributed by atoms with Crippen LogP contribution in [0.4, 0.5) is 79.6 Å². The quantitative estimate of drug-likeness (QED) is 0.0278. The molecule has 11 N–H and O–H groups in total. The minimum absolute atomic E-state index is 0. The molecule has 0 aliphatic heterocycles. The van der Waals surface area contributed by atoms with Crippen molar-refractivity contribution in [3.8, 4) is 0 Å². The number of hydrogen-bond donors (Lipinski definition) is 8. The van der Waals surface area contributed by atoms with Crippen molar-refractivity contribution in [1.29, 1.82) is 0 Å². The molecule has 0 spiro atoms. The van der Waals surface area contributed by atoms with Gasteiger partial charge in [-0.3, -0.25) is 0 Å². The standard InChI is InChI=1S/C32H29N3.C32H27N3.C31H26N4.4CH4/c2*33-28-14-6-24(7-15-28)22-25-10-18-31(19-11-25)35-32-20-12-27(13-21-32)23-26-8-16-30(17-9-26)34-29-4-2-1-3-5-29;32-25-10-6-23(7-11-25)22-24-8-12-27(13-9-24)34-29-18-20-31(21-19-29)35-30-16-14-28(15-17-30)33-26-4-2-1-3-5-26;;;;/h1-21,34-35H,22-23,33H2;1-21,23,34H,22,33H2;1-21,33H,22,32H2;4*1H4/p+1. The lowest BCUT2D eigenvalue weighted by Gasteiger charge is -2.10. The van der Waals surface area contributed by atoms with Crippen molar-refractivity contribution in [1.82, 2.24) is 0 Å². The van der Waals surface area contributed by atoms with E-state index in [2.05, 4.69) is 263 Å². The normalized spacial score (nSPS) is 11.4. The van der Waals surface area contributed by atoms with E-state index < -0.39 is 0 Å². The zero-order chi connectivity index (χ0) is 71.6. The van der Waals surface area contributed by atoms with Crippen molar-refractivity contribution < 1.29 is 4.99 Å². The fourth-order valence-corrected chi connectivity index (χ4v) is 11.8. The molecule has 10 heteroatoms. The minimum atomic E-state index is 0. The maximum absolute atomic E-state index is 5.78. The summed E-state index contributed by atoms with van der Waals surface area (Å²) in [6.07, 6.45) is 22.2. The lowest BCUT2D eigenvalue weighted by atomic mass is 10.0. The van der Waals surface area contributed by atoms with Gasteiger partial charge < -0.3 is 38.5 Å². The Labute approximate surface area is 645 Å². The van der Waals surface area contributed by atoms with E-state index in [1.54, 1.807) is 0 Å². The van der Waals surface area contributed by atoms with Crippen LogP contribution in [-0.4, -0.2) is 17.1 Å². The Bertz CT molecular complexity index is 4920. The van der Waals surface area contributed by atoms with E-state index in [1.807, 2.05) is 152 Å². The van der Waals surface area contributed by atoms with E-state index in [-0.39, 0.29) is 29.7 Å². The van der Waals surface area contributed by atoms with Crippen LogP contribution in [0.25, 0.3) is 6.08 Å². The van der Waals surface area contributed by atoms with Crippen molar-refractivity contribution in [2.24, 2.45) is 9.98 Å². The van der Waals surface area contributed by atoms with Crippen molar-refractivity contribution >= 4 is 103 Å². The summed E-state index contributed by atoms with van der Waals surface area (Å²) in [6.45, 7) is 0. The molecule has 0 fully saturated rings. The van der Waals surface area contributed by atoms with Crippen LogP contribution in [-0.2, 0) is 25.7 Å². The number of rotatable bonds is 20. The summed E-state index contributed by atoms with van der Waals surface area (Å²) >= 11 is 0. The van der Waals surface area contributed by atoms with Crippen LogP contribution in [0.5, 0.6) is 0 Å². The Kier molecular flexibility index (Phi) is 29.4. The molecule has 0 bridgehead atoms. The summed E-state index contributed by atoms with van der Waals surface area (Å²) in [7, 11) is 0. The molecule has 109 heavy (non-hydrogen) atoms. The zero-order valence-electron chi connectivity index (χ0n) is 58.4. The second kappa shape index (κ2) is 40.4. The summed E-state index contributed by atoms with van der Waals surface area (Å²) in [5, 5.41) is 13.7. The first-order valence-electron chi connectivity index (χ1n) is 35.3. The molecule has 0 saturated heterocycles. The number of aliphatic imine (C=N–C) groups is 2. The summed E-state index contributed by atoms with van der Waals surface area (Å²) in [6, 6.07) is 114. The van der Waals surface area contributed by atoms with Gasteiger partial charge in [-0.1, -0.05) is 193 Å². The second-order valence-corrected chi connectivity index (χ2v) is 25.8. The maximum atomic E-state index is 5.78. The molecule has 13 aromatic carbocycles. The van der Waals surface area contributed by atoms with Crippen LogP contribution in [0.1, 0.15) is 79.8 Å². The smallest absolute Gasteiger partial charge is 0.203 e. The van der Waals surface area contributed by atoms with Gasteiger partial charge in [-0.2, -0.15) is 0 Å². The van der Waals surface area contributed by atoms with Gasteiger partial charge in [-0.15, -0.1) is 0 Å². The summed E-state index contributed by atoms with van der Waals surface area (Å²) in [5.74, 6) is 0. The Balaban J connectivity index is 0.000000185. The van der Waals surface area contributed by atoms with Gasteiger partial charge in [-0.05, 0) is 282 Å². The molecule has 0 radical (unpaired) electrons. The van der Waals surface area contributed by atoms with Gasteiger partial charge in [0.15, 0.2) is 0 Å². The highest BCUT2D eigenvalue weighted by Crippen LogP contribution is 2.27. The predicted octanol–water partition coefficient (Wildman–Crippen LogP) is 24.0. The fourth-order valence-electron chi connectivity index (χ4n) is 11.8. The second-order valence-electron chi connectivity index (χ2n) is 25.8. The number of nitrogens with zero attached hydrogens (tertiary/aromatic N) is 2. The van der Waals surface area contributed by atoms with Crippen LogP contribution in [0, 0.1) is 0 Å². The number of nitrogen functional groups attached to an aromatic ring is 3. The average molecular weight is 1430 g/mol. The summed E-state index contributed by atoms with van der Waals surface area (Å²) < 4.78 is 0. The molecule has 0 unspecified atom stereocenters. The molecule has 0 aromatic heterocycles. The third-order valence-corrected chi connectivity index (χ3v) is 17.5. The number of benzene rings is 13. The van der Waals surface area contributed by atoms with E-state index in [9.17, 15) is 0 Å². The predicted molar refractivity (Wildman–Crippen MR) is 473 cm³/mol. The van der Waals surface area contributed by atoms with Crippen LogP contribution < -0.4 is 43.5 Å². The number of nitrogens with one attached hydrogen (secondary N) is 5. The lowest BCUT2D eigenvalue weighted by Crippen LogP contribution is -2.65. The molecule has 10 nitrogen and oxygen atoms in total. The average Bonchev–Trinajstić information content (AvgIpc) is 0.866. The van der Waals surface area contributed by atoms with Crippen molar-refractivity contribution in [3.05, 3.63) is 438 Å². The van der Waals surface area contributed by atoms with Gasteiger partial charge in [0.05, 0.1) is 22.8 Å². The van der Waals surface area contributed by atoms with Crippen LogP contribution in [0.2, 0.25) is 0 Å². The Morgan fingerprint density at radius 1 is 0.248 bits per heavy atom. The largest absolute Gasteiger partial charge is 0.399 e. The van der Waals surface area contributed by atoms with Crippen LogP contribution in [0.3, 0.4) is 0 Å². The number of allylic oxidation sites excluding steroid dienone is 9. The highest BCUT2D eigenvalue weighted by Gasteiger charge is 2.09. The van der Waals surface area contributed by atoms with Crippen molar-refractivity contribution in [2.75, 3.05) is 38.5 Å². The van der Waals surface area contributed by atoms with Crippen molar-refractivity contribution in [2.45, 2.75) is 55.4 Å². The topological polar surface area (TPSA) is 165 Å². The molecular weight excluding hydrogens is 1330 g/mol. The zero-order valence-corrected chi connectivity index (χ0v) is 58.4. The molecule has 2 aliphatic carbocycles. The highest BCUT2D eigenvalue weighted by molar-refractivity contribution is 6.19. The van der Waals surface area contributed by atoms with E-state index >= 15 is 0 Å². The first-order valence-corrected chi connectivity index (χ1v) is 35.3. The van der Waals surface area contributed by atoms with Crippen molar-refractivity contribution in [3.63, 3.8) is 0 Å². The molecule has 544 valence electrons. The van der Waals surface area contributed by atoms with Gasteiger partial charge >= 0.3 is 0 Å². The van der Waals surface area contributed by atoms with Gasteiger partial charge in [0.1, 0.15) is 0 Å². The van der Waals surface area contributed by atoms with Gasteiger partial charge in [-0.25, -0.2) is 15.0 Å². The van der Waals surface area contributed by atoms with Gasteiger partial charge in [0.2, 0.25) is 11.4 Å². The minimum Gasteiger partial charge on any atom is -0.399 e. The summed E-state index contributed by atoms with van der Waals surface area (Å²) in [4.78, 5) is 12.9. The Hall–Kier alpha value is -13.8. The van der Waals surface area contributed by atoms with Gasteiger partial charge in [0.25, 0.3) is 0 Å².